The number of aliphatic hydroxyl groups excluding tert-OH is 1. The van der Waals surface area contributed by atoms with Gasteiger partial charge in [-0.1, -0.05) is 38.1 Å². The Kier molecular flexibility index (Phi) is 10.4. The van der Waals surface area contributed by atoms with Gasteiger partial charge in [-0.15, -0.1) is 0 Å². The number of amides is 1. The van der Waals surface area contributed by atoms with Crippen LogP contribution in [0, 0.1) is 17.2 Å². The lowest BCUT2D eigenvalue weighted by Gasteiger charge is -2.27. The first-order chi connectivity index (χ1) is 16.1. The van der Waals surface area contributed by atoms with Crippen LogP contribution in [0.5, 0.6) is 5.75 Å². The van der Waals surface area contributed by atoms with Gasteiger partial charge in [0.05, 0.1) is 23.8 Å². The maximum absolute atomic E-state index is 12.4. The molecule has 0 spiro atoms. The molecule has 2 atom stereocenters. The van der Waals surface area contributed by atoms with Crippen LogP contribution in [0.15, 0.2) is 48.5 Å². The third-order valence-corrected chi connectivity index (χ3v) is 4.91. The molecule has 2 rings (SSSR count). The molecule has 0 fully saturated rings. The minimum absolute atomic E-state index is 0.359. The first-order valence-corrected chi connectivity index (χ1v) is 11.6. The Morgan fingerprint density at radius 3 is 2.41 bits per heavy atom. The summed E-state index contributed by atoms with van der Waals surface area (Å²) in [5.41, 5.74) is 1.84. The number of nitriles is 1. The third-order valence-electron chi connectivity index (χ3n) is 4.91. The monoisotopic (exact) mass is 467 g/mol. The Morgan fingerprint density at radius 2 is 1.79 bits per heavy atom. The van der Waals surface area contributed by atoms with Crippen LogP contribution >= 0.6 is 0 Å². The van der Waals surface area contributed by atoms with Crippen molar-refractivity contribution in [3.8, 4) is 11.8 Å². The van der Waals surface area contributed by atoms with Crippen molar-refractivity contribution in [1.29, 1.82) is 5.26 Å². The minimum Gasteiger partial charge on any atom is -0.489 e. The lowest BCUT2D eigenvalue weighted by Crippen LogP contribution is -2.50. The van der Waals surface area contributed by atoms with E-state index in [1.807, 2.05) is 36.4 Å². The van der Waals surface area contributed by atoms with Crippen LogP contribution in [0.25, 0.3) is 0 Å². The van der Waals surface area contributed by atoms with Gasteiger partial charge >= 0.3 is 6.09 Å². The molecule has 0 aromatic heterocycles. The van der Waals surface area contributed by atoms with E-state index in [-0.39, 0.29) is 0 Å². The molecule has 2 aromatic rings. The van der Waals surface area contributed by atoms with E-state index in [1.54, 1.807) is 32.9 Å². The Labute approximate surface area is 203 Å². The summed E-state index contributed by atoms with van der Waals surface area (Å²) in [4.78, 5) is 12.4. The fourth-order valence-electron chi connectivity index (χ4n) is 3.28. The molecule has 184 valence electrons. The summed E-state index contributed by atoms with van der Waals surface area (Å²) < 4.78 is 11.2. The Morgan fingerprint density at radius 1 is 1.09 bits per heavy atom. The summed E-state index contributed by atoms with van der Waals surface area (Å²) in [7, 11) is 0. The first kappa shape index (κ1) is 27.2. The van der Waals surface area contributed by atoms with E-state index in [2.05, 4.69) is 30.6 Å². The lowest BCUT2D eigenvalue weighted by atomic mass is 10.0. The molecule has 3 N–H and O–H groups in total. The number of hydrogen-bond donors (Lipinski definition) is 3. The molecule has 1 amide bonds. The smallest absolute Gasteiger partial charge is 0.407 e. The van der Waals surface area contributed by atoms with Crippen molar-refractivity contribution in [3.63, 3.8) is 0 Å². The topological polar surface area (TPSA) is 104 Å². The van der Waals surface area contributed by atoms with E-state index in [0.29, 0.717) is 36.8 Å². The van der Waals surface area contributed by atoms with Gasteiger partial charge in [-0.05, 0) is 75.0 Å². The molecule has 0 aliphatic heterocycles. The zero-order valence-electron chi connectivity index (χ0n) is 20.8. The molecule has 0 aliphatic rings. The van der Waals surface area contributed by atoms with Crippen molar-refractivity contribution in [3.05, 3.63) is 65.2 Å². The minimum atomic E-state index is -0.783. The normalized spacial score (nSPS) is 13.1. The van der Waals surface area contributed by atoms with Gasteiger partial charge < -0.3 is 25.2 Å². The Bertz CT molecular complexity index is 946. The van der Waals surface area contributed by atoms with E-state index in [0.717, 1.165) is 17.7 Å². The predicted octanol–water partition coefficient (Wildman–Crippen LogP) is 4.18. The number of alkyl carbamates (subject to hydrolysis) is 1. The summed E-state index contributed by atoms with van der Waals surface area (Å²) in [6, 6.07) is 16.5. The molecule has 0 heterocycles. The summed E-state index contributed by atoms with van der Waals surface area (Å²) in [6.45, 7) is 11.1. The van der Waals surface area contributed by atoms with Crippen LogP contribution in [0.3, 0.4) is 0 Å². The van der Waals surface area contributed by atoms with Crippen LogP contribution in [-0.4, -0.2) is 42.0 Å². The van der Waals surface area contributed by atoms with Gasteiger partial charge in [-0.3, -0.25) is 0 Å². The molecule has 2 unspecified atom stereocenters. The van der Waals surface area contributed by atoms with Crippen LogP contribution in [0.4, 0.5) is 4.79 Å². The van der Waals surface area contributed by atoms with Gasteiger partial charge in [0.25, 0.3) is 0 Å². The molecule has 0 bridgehead atoms. The van der Waals surface area contributed by atoms with Gasteiger partial charge in [0.2, 0.25) is 0 Å². The number of ether oxygens (including phenoxy) is 2. The third kappa shape index (κ3) is 10.2. The Balaban J connectivity index is 2.00. The van der Waals surface area contributed by atoms with Crippen molar-refractivity contribution in [2.75, 3.05) is 13.1 Å². The number of rotatable bonds is 11. The standard InChI is InChI=1S/C27H37N3O4/c1-19(2)16-29-17-25(31)24(30-26(32)34-27(3,4)5)14-20-9-11-23(12-10-20)33-18-22-8-6-7-21(13-22)15-28/h6-13,19,24-25,29,31H,14,16-18H2,1-5H3,(H,30,32). The number of benzene rings is 2. The highest BCUT2D eigenvalue weighted by atomic mass is 16.6. The van der Waals surface area contributed by atoms with Crippen LogP contribution < -0.4 is 15.4 Å². The number of carbonyl (C=O) groups is 1. The van der Waals surface area contributed by atoms with Crippen LogP contribution in [0.1, 0.15) is 51.3 Å². The summed E-state index contributed by atoms with van der Waals surface area (Å²) in [5, 5.41) is 25.8. The van der Waals surface area contributed by atoms with Crippen LogP contribution in [-0.2, 0) is 17.8 Å². The van der Waals surface area contributed by atoms with Crippen molar-refractivity contribution in [1.82, 2.24) is 10.6 Å². The molecule has 7 nitrogen and oxygen atoms in total. The molecule has 7 heteroatoms. The second-order valence-corrected chi connectivity index (χ2v) is 9.82. The molecule has 0 saturated heterocycles. The van der Waals surface area contributed by atoms with Gasteiger partial charge in [0.15, 0.2) is 0 Å². The zero-order valence-corrected chi connectivity index (χ0v) is 20.8. The number of nitrogens with zero attached hydrogens (tertiary/aromatic N) is 1. The number of nitrogens with one attached hydrogen (secondary N) is 2. The van der Waals surface area contributed by atoms with Crippen molar-refractivity contribution < 1.29 is 19.4 Å². The number of aliphatic hydroxyl groups is 1. The van der Waals surface area contributed by atoms with Gasteiger partial charge in [0.1, 0.15) is 18.0 Å². The predicted molar refractivity (Wildman–Crippen MR) is 133 cm³/mol. The molecule has 0 radical (unpaired) electrons. The largest absolute Gasteiger partial charge is 0.489 e. The zero-order chi connectivity index (χ0) is 25.1. The second-order valence-electron chi connectivity index (χ2n) is 9.82. The Hall–Kier alpha value is -3.08. The van der Waals surface area contributed by atoms with Crippen molar-refractivity contribution in [2.24, 2.45) is 5.92 Å². The number of hydrogen-bond acceptors (Lipinski definition) is 6. The maximum Gasteiger partial charge on any atom is 0.407 e. The van der Waals surface area contributed by atoms with E-state index in [4.69, 9.17) is 14.7 Å². The fourth-order valence-corrected chi connectivity index (χ4v) is 3.28. The summed E-state index contributed by atoms with van der Waals surface area (Å²) >= 11 is 0. The highest BCUT2D eigenvalue weighted by Crippen LogP contribution is 2.17. The van der Waals surface area contributed by atoms with E-state index in [9.17, 15) is 9.90 Å². The fraction of sp³-hybridized carbons (Fsp3) is 0.481. The van der Waals surface area contributed by atoms with Crippen molar-refractivity contribution >= 4 is 6.09 Å². The highest BCUT2D eigenvalue weighted by Gasteiger charge is 2.25. The molecular formula is C27H37N3O4. The quantitative estimate of drug-likeness (QED) is 0.458. The maximum atomic E-state index is 12.4. The average molecular weight is 468 g/mol. The SMILES string of the molecule is CC(C)CNCC(O)C(Cc1ccc(OCc2cccc(C#N)c2)cc1)NC(=O)OC(C)(C)C. The average Bonchev–Trinajstić information content (AvgIpc) is 2.76. The van der Waals surface area contributed by atoms with Crippen LogP contribution in [0.2, 0.25) is 0 Å². The van der Waals surface area contributed by atoms with Crippen molar-refractivity contribution in [2.45, 2.75) is 65.4 Å². The van der Waals surface area contributed by atoms with Gasteiger partial charge in [-0.25, -0.2) is 4.79 Å². The lowest BCUT2D eigenvalue weighted by molar-refractivity contribution is 0.0422. The molecule has 2 aromatic carbocycles. The molecule has 0 aliphatic carbocycles. The second kappa shape index (κ2) is 13.0. The molecule has 34 heavy (non-hydrogen) atoms. The number of carbonyl (C=O) groups excluding carboxylic acids is 1. The van der Waals surface area contributed by atoms with Gasteiger partial charge in [-0.2, -0.15) is 5.26 Å². The molecule has 0 saturated carbocycles. The van der Waals surface area contributed by atoms with E-state index < -0.39 is 23.8 Å². The van der Waals surface area contributed by atoms with E-state index >= 15 is 0 Å². The molecular weight excluding hydrogens is 430 g/mol. The highest BCUT2D eigenvalue weighted by molar-refractivity contribution is 5.68. The first-order valence-electron chi connectivity index (χ1n) is 11.6. The summed E-state index contributed by atoms with van der Waals surface area (Å²) in [6.07, 6.45) is -0.900. The summed E-state index contributed by atoms with van der Waals surface area (Å²) in [5.74, 6) is 1.15. The van der Waals surface area contributed by atoms with E-state index in [1.165, 1.54) is 0 Å². The van der Waals surface area contributed by atoms with Gasteiger partial charge in [0, 0.05) is 6.54 Å².